The fourth-order valence-corrected chi connectivity index (χ4v) is 20.0. The van der Waals surface area contributed by atoms with Crippen LogP contribution >= 0.6 is 0 Å². The van der Waals surface area contributed by atoms with E-state index in [-0.39, 0.29) is 0 Å². The van der Waals surface area contributed by atoms with Crippen LogP contribution in [0.1, 0.15) is 87.0 Å². The van der Waals surface area contributed by atoms with E-state index in [1.54, 1.807) is 3.59 Å². The molecule has 0 bridgehead atoms. The van der Waals surface area contributed by atoms with E-state index in [0.29, 0.717) is 5.92 Å². The van der Waals surface area contributed by atoms with E-state index in [4.69, 9.17) is 0 Å². The van der Waals surface area contributed by atoms with Crippen molar-refractivity contribution in [3.8, 4) is 0 Å². The van der Waals surface area contributed by atoms with Crippen molar-refractivity contribution in [1.29, 1.82) is 0 Å². The van der Waals surface area contributed by atoms with Crippen LogP contribution in [0.4, 0.5) is 0 Å². The zero-order chi connectivity index (χ0) is 18.6. The number of allylic oxidation sites excluding steroid dienone is 3. The van der Waals surface area contributed by atoms with E-state index < -0.39 is 24.0 Å². The third-order valence-electron chi connectivity index (χ3n) is 4.81. The molecule has 142 valence electrons. The zero-order valence-electron chi connectivity index (χ0n) is 17.6. The molecule has 0 aliphatic carbocycles. The molecule has 0 saturated heterocycles. The Balaban J connectivity index is 5.91. The van der Waals surface area contributed by atoms with Crippen LogP contribution in [0.25, 0.3) is 0 Å². The average molecular weight is 443 g/mol. The van der Waals surface area contributed by atoms with Crippen molar-refractivity contribution in [1.82, 2.24) is 0 Å². The van der Waals surface area contributed by atoms with Crippen molar-refractivity contribution in [3.05, 3.63) is 21.8 Å². The first kappa shape index (κ1) is 24.2. The quantitative estimate of drug-likeness (QED) is 0.234. The summed E-state index contributed by atoms with van der Waals surface area (Å²) in [6, 6.07) is 0. The summed E-state index contributed by atoms with van der Waals surface area (Å²) in [6.45, 7) is 15.3. The predicted molar refractivity (Wildman–Crippen MR) is 113 cm³/mol. The topological polar surface area (TPSA) is 20.2 Å². The molecule has 0 saturated carbocycles. The number of aliphatic hydroxyl groups is 1. The normalized spacial score (nSPS) is 14.1. The van der Waals surface area contributed by atoms with E-state index in [2.05, 4.69) is 52.8 Å². The van der Waals surface area contributed by atoms with Crippen molar-refractivity contribution in [2.45, 2.75) is 106 Å². The molecule has 0 fully saturated rings. The van der Waals surface area contributed by atoms with Gasteiger partial charge in [0.15, 0.2) is 0 Å². The minimum atomic E-state index is -2.46. The first-order valence-electron chi connectivity index (χ1n) is 10.3. The molecule has 0 aromatic rings. The van der Waals surface area contributed by atoms with E-state index >= 15 is 0 Å². The van der Waals surface area contributed by atoms with Crippen molar-refractivity contribution in [3.63, 3.8) is 0 Å². The number of rotatable bonds is 13. The Morgan fingerprint density at radius 3 is 1.62 bits per heavy atom. The standard InChI is InChI=1S/C10H17O.3C4H9.Sn/c1-9(2)7-5-6-8-10(3,4)11;3*1-3-4-2;/h5,7-9,11H,1-4H3;3*1,3-4H2,2H3;/b7-5-,8-6?;;;;. The zero-order valence-corrected chi connectivity index (χ0v) is 20.5. The fourth-order valence-electron chi connectivity index (χ4n) is 3.41. The van der Waals surface area contributed by atoms with Gasteiger partial charge in [-0.1, -0.05) is 0 Å². The summed E-state index contributed by atoms with van der Waals surface area (Å²) in [5, 5.41) is 10.5. The molecule has 2 heteroatoms. The summed E-state index contributed by atoms with van der Waals surface area (Å²) in [6.07, 6.45) is 15.0. The van der Waals surface area contributed by atoms with E-state index in [1.807, 2.05) is 13.8 Å². The first-order chi connectivity index (χ1) is 11.2. The summed E-state index contributed by atoms with van der Waals surface area (Å²) in [4.78, 5) is 0. The van der Waals surface area contributed by atoms with Crippen LogP contribution in [0.2, 0.25) is 13.3 Å². The minimum absolute atomic E-state index is 0.572. The molecule has 1 N–H and O–H groups in total. The fraction of sp³-hybridized carbons (Fsp3) is 0.818. The van der Waals surface area contributed by atoms with Crippen LogP contribution in [0.15, 0.2) is 21.8 Å². The van der Waals surface area contributed by atoms with Gasteiger partial charge in [-0.2, -0.15) is 0 Å². The van der Waals surface area contributed by atoms with Crippen molar-refractivity contribution in [2.75, 3.05) is 0 Å². The SMILES string of the molecule is CCC[CH2][Sn]([CH2]CCC)([CH2]CCC)[C](/C=C\C(C)C)=C/C(C)(C)O. The summed E-state index contributed by atoms with van der Waals surface area (Å²) in [5.41, 5.74) is -0.705. The van der Waals surface area contributed by atoms with Crippen LogP contribution in [-0.2, 0) is 0 Å². The van der Waals surface area contributed by atoms with Gasteiger partial charge < -0.3 is 0 Å². The molecular formula is C22H44OSn. The number of hydrogen-bond donors (Lipinski definition) is 1. The van der Waals surface area contributed by atoms with E-state index in [1.165, 1.54) is 51.8 Å². The van der Waals surface area contributed by atoms with Crippen LogP contribution in [0.3, 0.4) is 0 Å². The summed E-state index contributed by atoms with van der Waals surface area (Å²) in [7, 11) is 0. The Bertz CT molecular complexity index is 352. The summed E-state index contributed by atoms with van der Waals surface area (Å²) >= 11 is -2.46. The Kier molecular flexibility index (Phi) is 12.7. The van der Waals surface area contributed by atoms with E-state index in [0.717, 1.165) is 0 Å². The average Bonchev–Trinajstić information content (AvgIpc) is 2.50. The Morgan fingerprint density at radius 2 is 1.33 bits per heavy atom. The second-order valence-corrected chi connectivity index (χ2v) is 21.7. The maximum absolute atomic E-state index is 10.5. The molecule has 0 amide bonds. The van der Waals surface area contributed by atoms with Gasteiger partial charge in [0.05, 0.1) is 0 Å². The number of hydrogen-bond acceptors (Lipinski definition) is 1. The van der Waals surface area contributed by atoms with Gasteiger partial charge in [-0.15, -0.1) is 0 Å². The van der Waals surface area contributed by atoms with Crippen LogP contribution < -0.4 is 0 Å². The molecule has 0 rings (SSSR count). The molecule has 0 unspecified atom stereocenters. The van der Waals surface area contributed by atoms with Gasteiger partial charge >= 0.3 is 157 Å². The Hall–Kier alpha value is 0.239. The molecule has 0 aromatic carbocycles. The second kappa shape index (κ2) is 12.6. The van der Waals surface area contributed by atoms with Gasteiger partial charge in [-0.25, -0.2) is 0 Å². The summed E-state index contributed by atoms with van der Waals surface area (Å²) < 4.78 is 5.95. The first-order valence-corrected chi connectivity index (χ1v) is 17.8. The van der Waals surface area contributed by atoms with Crippen molar-refractivity contribution < 1.29 is 5.11 Å². The third kappa shape index (κ3) is 10.3. The Morgan fingerprint density at radius 1 is 0.917 bits per heavy atom. The van der Waals surface area contributed by atoms with Crippen LogP contribution in [0, 0.1) is 5.92 Å². The molecule has 1 nitrogen and oxygen atoms in total. The monoisotopic (exact) mass is 444 g/mol. The van der Waals surface area contributed by atoms with Gasteiger partial charge in [0.25, 0.3) is 0 Å². The molecule has 0 aliphatic rings. The molecule has 0 aliphatic heterocycles. The molecule has 0 aromatic heterocycles. The van der Waals surface area contributed by atoms with Gasteiger partial charge in [0, 0.05) is 0 Å². The van der Waals surface area contributed by atoms with Gasteiger partial charge in [-0.3, -0.25) is 0 Å². The molecule has 0 radical (unpaired) electrons. The van der Waals surface area contributed by atoms with Gasteiger partial charge in [-0.05, 0) is 0 Å². The van der Waals surface area contributed by atoms with Gasteiger partial charge in [0.2, 0.25) is 0 Å². The molecule has 24 heavy (non-hydrogen) atoms. The van der Waals surface area contributed by atoms with Crippen molar-refractivity contribution >= 4 is 18.4 Å². The summed E-state index contributed by atoms with van der Waals surface area (Å²) in [5.74, 6) is 0.572. The molecule has 0 atom stereocenters. The molecule has 0 spiro atoms. The third-order valence-corrected chi connectivity index (χ3v) is 20.4. The second-order valence-electron chi connectivity index (χ2n) is 8.45. The Labute approximate surface area is 156 Å². The van der Waals surface area contributed by atoms with Gasteiger partial charge in [0.1, 0.15) is 0 Å². The number of unbranched alkanes of at least 4 members (excludes halogenated alkanes) is 3. The van der Waals surface area contributed by atoms with Crippen molar-refractivity contribution in [2.24, 2.45) is 5.92 Å². The van der Waals surface area contributed by atoms with Crippen LogP contribution in [-0.4, -0.2) is 29.1 Å². The van der Waals surface area contributed by atoms with E-state index in [9.17, 15) is 5.11 Å². The molecule has 0 heterocycles. The maximum atomic E-state index is 10.5. The molecular weight excluding hydrogens is 399 g/mol. The van der Waals surface area contributed by atoms with Crippen LogP contribution in [0.5, 0.6) is 0 Å². The predicted octanol–water partition coefficient (Wildman–Crippen LogP) is 7.28.